The lowest BCUT2D eigenvalue weighted by Gasteiger charge is -2.06. The SMILES string of the molecule is N#C/C(=C/c1ccc(Oc2ccc([N+](=O)[O-])cn2)cc1)C(=O)Nc1ccc(Br)cc1. The maximum absolute atomic E-state index is 12.3. The largest absolute Gasteiger partial charge is 0.439 e. The molecule has 0 atom stereocenters. The van der Waals surface area contributed by atoms with Crippen LogP contribution in [0.3, 0.4) is 0 Å². The minimum Gasteiger partial charge on any atom is -0.439 e. The van der Waals surface area contributed by atoms with Crippen molar-refractivity contribution < 1.29 is 14.5 Å². The summed E-state index contributed by atoms with van der Waals surface area (Å²) in [7, 11) is 0. The monoisotopic (exact) mass is 464 g/mol. The number of aromatic nitrogens is 1. The van der Waals surface area contributed by atoms with Crippen LogP contribution in [0.1, 0.15) is 5.56 Å². The summed E-state index contributed by atoms with van der Waals surface area (Å²) < 4.78 is 6.41. The molecule has 0 fully saturated rings. The Morgan fingerprint density at radius 1 is 1.13 bits per heavy atom. The van der Waals surface area contributed by atoms with Crippen LogP contribution in [0.2, 0.25) is 0 Å². The van der Waals surface area contributed by atoms with Crippen molar-refractivity contribution in [3.05, 3.63) is 92.6 Å². The molecule has 9 heteroatoms. The molecular weight excluding hydrogens is 452 g/mol. The Hall–Kier alpha value is -4.03. The first-order chi connectivity index (χ1) is 14.4. The summed E-state index contributed by atoms with van der Waals surface area (Å²) in [5.74, 6) is 0.136. The first-order valence-corrected chi connectivity index (χ1v) is 9.31. The third kappa shape index (κ3) is 5.50. The minimum absolute atomic E-state index is 0.0522. The molecule has 0 aliphatic heterocycles. The van der Waals surface area contributed by atoms with E-state index in [0.717, 1.165) is 10.7 Å². The second-order valence-electron chi connectivity index (χ2n) is 5.91. The topological polar surface area (TPSA) is 118 Å². The van der Waals surface area contributed by atoms with Gasteiger partial charge in [0.05, 0.1) is 4.92 Å². The predicted molar refractivity (Wildman–Crippen MR) is 114 cm³/mol. The Kier molecular flexibility index (Phi) is 6.52. The molecule has 148 valence electrons. The fourth-order valence-electron chi connectivity index (χ4n) is 2.34. The van der Waals surface area contributed by atoms with Gasteiger partial charge < -0.3 is 10.1 Å². The van der Waals surface area contributed by atoms with Crippen molar-refractivity contribution in [1.29, 1.82) is 5.26 Å². The molecule has 3 aromatic rings. The fraction of sp³-hybridized carbons (Fsp3) is 0. The lowest BCUT2D eigenvalue weighted by atomic mass is 10.1. The van der Waals surface area contributed by atoms with Crippen LogP contribution in [0.15, 0.2) is 76.9 Å². The zero-order chi connectivity index (χ0) is 21.5. The molecule has 1 aromatic heterocycles. The molecule has 1 N–H and O–H groups in total. The second kappa shape index (κ2) is 9.45. The molecule has 0 bridgehead atoms. The number of nitrogens with one attached hydrogen (secondary N) is 1. The van der Waals surface area contributed by atoms with Gasteiger partial charge >= 0.3 is 0 Å². The average Bonchev–Trinajstić information content (AvgIpc) is 2.75. The van der Waals surface area contributed by atoms with E-state index in [1.54, 1.807) is 48.5 Å². The number of halogens is 1. The summed E-state index contributed by atoms with van der Waals surface area (Å²) in [6, 6.07) is 18.2. The maximum Gasteiger partial charge on any atom is 0.287 e. The number of ether oxygens (including phenoxy) is 1. The quantitative estimate of drug-likeness (QED) is 0.235. The van der Waals surface area contributed by atoms with E-state index >= 15 is 0 Å². The van der Waals surface area contributed by atoms with Gasteiger partial charge in [-0.25, -0.2) is 4.98 Å². The number of hydrogen-bond donors (Lipinski definition) is 1. The van der Waals surface area contributed by atoms with Crippen LogP contribution in [0.4, 0.5) is 11.4 Å². The molecule has 0 radical (unpaired) electrons. The normalized spacial score (nSPS) is 10.7. The van der Waals surface area contributed by atoms with Gasteiger partial charge in [-0.05, 0) is 48.0 Å². The fourth-order valence-corrected chi connectivity index (χ4v) is 2.60. The van der Waals surface area contributed by atoms with E-state index in [2.05, 4.69) is 26.2 Å². The highest BCUT2D eigenvalue weighted by Crippen LogP contribution is 2.22. The first-order valence-electron chi connectivity index (χ1n) is 8.51. The molecular formula is C21H13BrN4O4. The molecule has 2 aromatic carbocycles. The van der Waals surface area contributed by atoms with Gasteiger partial charge in [0.2, 0.25) is 5.88 Å². The van der Waals surface area contributed by atoms with Crippen LogP contribution in [0.25, 0.3) is 6.08 Å². The van der Waals surface area contributed by atoms with E-state index in [-0.39, 0.29) is 17.1 Å². The third-order valence-electron chi connectivity index (χ3n) is 3.81. The number of anilines is 1. The number of nitriles is 1. The molecule has 0 spiro atoms. The standard InChI is InChI=1S/C21H13BrN4O4/c22-16-3-5-17(6-4-16)25-21(27)15(12-23)11-14-1-8-19(9-2-14)30-20-10-7-18(13-24-20)26(28)29/h1-11,13H,(H,25,27)/b15-11-. The number of hydrogen-bond acceptors (Lipinski definition) is 6. The van der Waals surface area contributed by atoms with Crippen molar-refractivity contribution in [2.75, 3.05) is 5.32 Å². The number of amides is 1. The van der Waals surface area contributed by atoms with Gasteiger partial charge in [0.15, 0.2) is 0 Å². The van der Waals surface area contributed by atoms with Crippen molar-refractivity contribution in [3.8, 4) is 17.7 Å². The number of nitrogens with zero attached hydrogens (tertiary/aromatic N) is 3. The van der Waals surface area contributed by atoms with Gasteiger partial charge in [0, 0.05) is 22.3 Å². The van der Waals surface area contributed by atoms with E-state index in [1.165, 1.54) is 18.2 Å². The van der Waals surface area contributed by atoms with Crippen LogP contribution in [0.5, 0.6) is 11.6 Å². The zero-order valence-corrected chi connectivity index (χ0v) is 16.9. The summed E-state index contributed by atoms with van der Waals surface area (Å²) in [5.41, 5.74) is 1.02. The Labute approximate surface area is 179 Å². The Morgan fingerprint density at radius 3 is 2.40 bits per heavy atom. The highest BCUT2D eigenvalue weighted by Gasteiger charge is 2.10. The molecule has 1 amide bonds. The number of carbonyl (C=O) groups is 1. The molecule has 3 rings (SSSR count). The molecule has 0 saturated carbocycles. The van der Waals surface area contributed by atoms with Crippen LogP contribution in [-0.4, -0.2) is 15.8 Å². The summed E-state index contributed by atoms with van der Waals surface area (Å²) in [5, 5.41) is 22.6. The second-order valence-corrected chi connectivity index (χ2v) is 6.83. The first kappa shape index (κ1) is 20.7. The van der Waals surface area contributed by atoms with Crippen LogP contribution >= 0.6 is 15.9 Å². The van der Waals surface area contributed by atoms with Gasteiger partial charge in [-0.15, -0.1) is 0 Å². The van der Waals surface area contributed by atoms with Crippen molar-refractivity contribution in [2.24, 2.45) is 0 Å². The Morgan fingerprint density at radius 2 is 1.83 bits per heavy atom. The smallest absolute Gasteiger partial charge is 0.287 e. The molecule has 8 nitrogen and oxygen atoms in total. The van der Waals surface area contributed by atoms with Gasteiger partial charge in [0.1, 0.15) is 23.6 Å². The molecule has 0 unspecified atom stereocenters. The summed E-state index contributed by atoms with van der Waals surface area (Å²) in [6.07, 6.45) is 2.57. The van der Waals surface area contributed by atoms with Crippen LogP contribution in [-0.2, 0) is 4.79 Å². The molecule has 0 aliphatic carbocycles. The van der Waals surface area contributed by atoms with Crippen molar-refractivity contribution >= 4 is 39.3 Å². The molecule has 0 saturated heterocycles. The van der Waals surface area contributed by atoms with E-state index < -0.39 is 10.8 Å². The Bertz CT molecular complexity index is 1140. The molecule has 30 heavy (non-hydrogen) atoms. The highest BCUT2D eigenvalue weighted by molar-refractivity contribution is 9.10. The summed E-state index contributed by atoms with van der Waals surface area (Å²) in [6.45, 7) is 0. The summed E-state index contributed by atoms with van der Waals surface area (Å²) >= 11 is 3.32. The van der Waals surface area contributed by atoms with E-state index in [4.69, 9.17) is 4.74 Å². The molecule has 0 aliphatic rings. The van der Waals surface area contributed by atoms with Gasteiger partial charge in [0.25, 0.3) is 11.6 Å². The van der Waals surface area contributed by atoms with Gasteiger partial charge in [-0.1, -0.05) is 28.1 Å². The van der Waals surface area contributed by atoms with Crippen LogP contribution < -0.4 is 10.1 Å². The van der Waals surface area contributed by atoms with Gasteiger partial charge in [-0.3, -0.25) is 14.9 Å². The van der Waals surface area contributed by atoms with E-state index in [1.807, 2.05) is 6.07 Å². The number of benzene rings is 2. The lowest BCUT2D eigenvalue weighted by molar-refractivity contribution is -0.385. The maximum atomic E-state index is 12.3. The minimum atomic E-state index is -0.544. The van der Waals surface area contributed by atoms with Gasteiger partial charge in [-0.2, -0.15) is 5.26 Å². The number of rotatable bonds is 6. The van der Waals surface area contributed by atoms with Crippen molar-refractivity contribution in [3.63, 3.8) is 0 Å². The van der Waals surface area contributed by atoms with E-state index in [9.17, 15) is 20.2 Å². The Balaban J connectivity index is 1.68. The third-order valence-corrected chi connectivity index (χ3v) is 4.34. The summed E-state index contributed by atoms with van der Waals surface area (Å²) in [4.78, 5) is 26.3. The zero-order valence-electron chi connectivity index (χ0n) is 15.3. The number of carbonyl (C=O) groups excluding carboxylic acids is 1. The molecule has 1 heterocycles. The highest BCUT2D eigenvalue weighted by atomic mass is 79.9. The van der Waals surface area contributed by atoms with Crippen LogP contribution in [0, 0.1) is 21.4 Å². The number of nitro groups is 1. The van der Waals surface area contributed by atoms with Crippen molar-refractivity contribution in [2.45, 2.75) is 0 Å². The van der Waals surface area contributed by atoms with Crippen molar-refractivity contribution in [1.82, 2.24) is 4.98 Å². The number of pyridine rings is 1. The average molecular weight is 465 g/mol. The van der Waals surface area contributed by atoms with E-state index in [0.29, 0.717) is 17.0 Å². The lowest BCUT2D eigenvalue weighted by Crippen LogP contribution is -2.13. The predicted octanol–water partition coefficient (Wildman–Crippen LogP) is 5.09.